The van der Waals surface area contributed by atoms with Crippen LogP contribution in [0, 0.1) is 0 Å². The van der Waals surface area contributed by atoms with Crippen LogP contribution in [0.25, 0.3) is 10.9 Å². The molecule has 0 spiro atoms. The van der Waals surface area contributed by atoms with Gasteiger partial charge in [0.1, 0.15) is 17.7 Å². The van der Waals surface area contributed by atoms with Gasteiger partial charge in [0, 0.05) is 18.8 Å². The first kappa shape index (κ1) is 17.8. The summed E-state index contributed by atoms with van der Waals surface area (Å²) in [5, 5.41) is 8.53. The van der Waals surface area contributed by atoms with E-state index >= 15 is 0 Å². The molecule has 0 radical (unpaired) electrons. The normalized spacial score (nSPS) is 12.0. The third-order valence-electron chi connectivity index (χ3n) is 4.28. The molecule has 1 atom stereocenters. The summed E-state index contributed by atoms with van der Waals surface area (Å²) in [5.74, 6) is 2.28. The molecule has 0 aliphatic rings. The van der Waals surface area contributed by atoms with Crippen molar-refractivity contribution in [2.24, 2.45) is 7.05 Å². The highest BCUT2D eigenvalue weighted by Gasteiger charge is 2.21. The number of nitrogens with one attached hydrogen (secondary N) is 1. The summed E-state index contributed by atoms with van der Waals surface area (Å²) in [7, 11) is 6.64. The van der Waals surface area contributed by atoms with E-state index in [4.69, 9.17) is 14.2 Å². The molecule has 2 aromatic heterocycles. The Labute approximate surface area is 152 Å². The zero-order valence-corrected chi connectivity index (χ0v) is 15.6. The third-order valence-corrected chi connectivity index (χ3v) is 4.28. The van der Waals surface area contributed by atoms with Crippen LogP contribution in [-0.2, 0) is 7.05 Å². The SMILES string of the molecule is CCC(Nc1ncnc2c(OC)c(OC)c(OC)cc12)c1cnn(C)c1. The van der Waals surface area contributed by atoms with Crippen molar-refractivity contribution in [1.82, 2.24) is 19.7 Å². The molecule has 0 aliphatic carbocycles. The Morgan fingerprint density at radius 1 is 1.12 bits per heavy atom. The number of rotatable bonds is 7. The summed E-state index contributed by atoms with van der Waals surface area (Å²) in [6, 6.07) is 1.93. The van der Waals surface area contributed by atoms with E-state index in [1.807, 2.05) is 25.5 Å². The van der Waals surface area contributed by atoms with Crippen LogP contribution in [0.5, 0.6) is 17.2 Å². The second kappa shape index (κ2) is 7.47. The lowest BCUT2D eigenvalue weighted by molar-refractivity contribution is 0.327. The molecule has 1 unspecified atom stereocenters. The highest BCUT2D eigenvalue weighted by Crippen LogP contribution is 2.44. The van der Waals surface area contributed by atoms with Crippen LogP contribution in [0.3, 0.4) is 0 Å². The average Bonchev–Trinajstić information content (AvgIpc) is 3.10. The molecule has 0 saturated carbocycles. The first-order valence-electron chi connectivity index (χ1n) is 8.31. The quantitative estimate of drug-likeness (QED) is 0.696. The minimum atomic E-state index is 0.0703. The van der Waals surface area contributed by atoms with Gasteiger partial charge >= 0.3 is 0 Å². The van der Waals surface area contributed by atoms with Crippen molar-refractivity contribution < 1.29 is 14.2 Å². The number of aryl methyl sites for hydroxylation is 1. The van der Waals surface area contributed by atoms with Crippen LogP contribution in [0.15, 0.2) is 24.8 Å². The molecule has 26 heavy (non-hydrogen) atoms. The maximum atomic E-state index is 5.53. The van der Waals surface area contributed by atoms with Crippen molar-refractivity contribution >= 4 is 16.7 Å². The van der Waals surface area contributed by atoms with Gasteiger partial charge in [-0.15, -0.1) is 0 Å². The predicted molar refractivity (Wildman–Crippen MR) is 99.1 cm³/mol. The second-order valence-corrected chi connectivity index (χ2v) is 5.82. The molecule has 3 aromatic rings. The van der Waals surface area contributed by atoms with Crippen LogP contribution >= 0.6 is 0 Å². The minimum absolute atomic E-state index is 0.0703. The highest BCUT2D eigenvalue weighted by atomic mass is 16.5. The van der Waals surface area contributed by atoms with Gasteiger partial charge in [0.25, 0.3) is 0 Å². The molecule has 8 nitrogen and oxygen atoms in total. The summed E-state index contributed by atoms with van der Waals surface area (Å²) in [5.41, 5.74) is 1.75. The van der Waals surface area contributed by atoms with Crippen LogP contribution in [0.1, 0.15) is 24.9 Å². The lowest BCUT2D eigenvalue weighted by Gasteiger charge is -2.19. The first-order chi connectivity index (χ1) is 12.6. The van der Waals surface area contributed by atoms with E-state index < -0.39 is 0 Å². The van der Waals surface area contributed by atoms with Gasteiger partial charge in [-0.1, -0.05) is 6.92 Å². The second-order valence-electron chi connectivity index (χ2n) is 5.82. The van der Waals surface area contributed by atoms with Crippen molar-refractivity contribution in [3.63, 3.8) is 0 Å². The van der Waals surface area contributed by atoms with Crippen molar-refractivity contribution in [2.75, 3.05) is 26.6 Å². The number of ether oxygens (including phenoxy) is 3. The summed E-state index contributed by atoms with van der Waals surface area (Å²) >= 11 is 0. The molecule has 2 heterocycles. The number of anilines is 1. The molecule has 0 aliphatic heterocycles. The molecule has 0 amide bonds. The maximum Gasteiger partial charge on any atom is 0.205 e. The fourth-order valence-electron chi connectivity index (χ4n) is 2.98. The topological polar surface area (TPSA) is 83.3 Å². The van der Waals surface area contributed by atoms with E-state index in [9.17, 15) is 0 Å². The van der Waals surface area contributed by atoms with Crippen molar-refractivity contribution in [1.29, 1.82) is 0 Å². The van der Waals surface area contributed by atoms with Gasteiger partial charge < -0.3 is 19.5 Å². The van der Waals surface area contributed by atoms with Crippen molar-refractivity contribution in [3.8, 4) is 17.2 Å². The smallest absolute Gasteiger partial charge is 0.205 e. The van der Waals surface area contributed by atoms with E-state index in [-0.39, 0.29) is 6.04 Å². The molecule has 138 valence electrons. The number of benzene rings is 1. The summed E-state index contributed by atoms with van der Waals surface area (Å²) < 4.78 is 18.2. The Balaban J connectivity index is 2.11. The van der Waals surface area contributed by atoms with Crippen molar-refractivity contribution in [3.05, 3.63) is 30.4 Å². The first-order valence-corrected chi connectivity index (χ1v) is 8.31. The Bertz CT molecular complexity index is 909. The summed E-state index contributed by atoms with van der Waals surface area (Å²) in [6.07, 6.45) is 6.24. The number of hydrogen-bond donors (Lipinski definition) is 1. The van der Waals surface area contributed by atoms with Gasteiger partial charge in [-0.3, -0.25) is 4.68 Å². The zero-order valence-electron chi connectivity index (χ0n) is 15.6. The van der Waals surface area contributed by atoms with Gasteiger partial charge in [0.2, 0.25) is 5.75 Å². The molecular weight excluding hydrogens is 334 g/mol. The number of nitrogens with zero attached hydrogens (tertiary/aromatic N) is 4. The number of methoxy groups -OCH3 is 3. The molecule has 3 rings (SSSR count). The van der Waals surface area contributed by atoms with Crippen molar-refractivity contribution in [2.45, 2.75) is 19.4 Å². The largest absolute Gasteiger partial charge is 0.493 e. The number of hydrogen-bond acceptors (Lipinski definition) is 7. The van der Waals surface area contributed by atoms with Gasteiger partial charge in [0.15, 0.2) is 11.5 Å². The van der Waals surface area contributed by atoms with E-state index in [2.05, 4.69) is 27.3 Å². The molecule has 1 aromatic carbocycles. The van der Waals surface area contributed by atoms with Crippen LogP contribution < -0.4 is 19.5 Å². The van der Waals surface area contributed by atoms with Gasteiger partial charge in [-0.05, 0) is 12.5 Å². The van der Waals surface area contributed by atoms with Gasteiger partial charge in [0.05, 0.1) is 39.0 Å². The average molecular weight is 357 g/mol. The van der Waals surface area contributed by atoms with E-state index in [1.54, 1.807) is 26.0 Å². The maximum absolute atomic E-state index is 5.53. The molecule has 0 fully saturated rings. The molecule has 0 bridgehead atoms. The Morgan fingerprint density at radius 3 is 2.46 bits per heavy atom. The Hall–Kier alpha value is -3.03. The summed E-state index contributed by atoms with van der Waals surface area (Å²) in [6.45, 7) is 2.11. The zero-order chi connectivity index (χ0) is 18.7. The third kappa shape index (κ3) is 3.10. The van der Waals surface area contributed by atoms with Crippen LogP contribution in [0.4, 0.5) is 5.82 Å². The van der Waals surface area contributed by atoms with Gasteiger partial charge in [-0.2, -0.15) is 5.10 Å². The Morgan fingerprint density at radius 2 is 1.88 bits per heavy atom. The summed E-state index contributed by atoms with van der Waals surface area (Å²) in [4.78, 5) is 8.81. The number of aromatic nitrogens is 4. The lowest BCUT2D eigenvalue weighted by Crippen LogP contribution is -2.11. The molecule has 1 N–H and O–H groups in total. The minimum Gasteiger partial charge on any atom is -0.493 e. The van der Waals surface area contributed by atoms with E-state index in [0.29, 0.717) is 28.6 Å². The van der Waals surface area contributed by atoms with Crippen LogP contribution in [-0.4, -0.2) is 41.1 Å². The van der Waals surface area contributed by atoms with E-state index in [0.717, 1.165) is 17.4 Å². The molecule has 8 heteroatoms. The monoisotopic (exact) mass is 357 g/mol. The lowest BCUT2D eigenvalue weighted by atomic mass is 10.1. The van der Waals surface area contributed by atoms with Crippen LogP contribution in [0.2, 0.25) is 0 Å². The van der Waals surface area contributed by atoms with Gasteiger partial charge in [-0.25, -0.2) is 9.97 Å². The standard InChI is InChI=1S/C18H23N5O3/c1-6-13(11-8-21-23(2)9-11)22-18-12-7-14(24-3)16(25-4)17(26-5)15(12)19-10-20-18/h7-10,13H,6H2,1-5H3,(H,19,20,22). The fourth-order valence-corrected chi connectivity index (χ4v) is 2.98. The fraction of sp³-hybridized carbons (Fsp3) is 0.389. The van der Waals surface area contributed by atoms with E-state index in [1.165, 1.54) is 6.33 Å². The number of fused-ring (bicyclic) bond motifs is 1. The predicted octanol–water partition coefficient (Wildman–Crippen LogP) is 2.95. The molecule has 0 saturated heterocycles. The Kier molecular flexibility index (Phi) is 5.11. The highest BCUT2D eigenvalue weighted by molar-refractivity contribution is 5.96. The molecular formula is C18H23N5O3.